The smallest absolute Gasteiger partial charge is 0.224 e. The van der Waals surface area contributed by atoms with Crippen molar-refractivity contribution in [2.75, 3.05) is 12.5 Å². The summed E-state index contributed by atoms with van der Waals surface area (Å²) in [6.07, 6.45) is 0. The fourth-order valence-corrected chi connectivity index (χ4v) is 2.56. The average molecular weight is 311 g/mol. The third-order valence-electron chi connectivity index (χ3n) is 3.06. The zero-order valence-corrected chi connectivity index (χ0v) is 12.2. The minimum atomic E-state index is 0.168. The Morgan fingerprint density at radius 1 is 1.25 bits per heavy atom. The number of benzene rings is 1. The Balaban J connectivity index is 1.73. The van der Waals surface area contributed by atoms with Gasteiger partial charge < -0.3 is 10.2 Å². The number of anilines is 1. The van der Waals surface area contributed by atoms with Gasteiger partial charge in [-0.3, -0.25) is 0 Å². The molecule has 1 aliphatic heterocycles. The molecule has 3 rings (SSSR count). The normalized spacial score (nSPS) is 13.9. The van der Waals surface area contributed by atoms with E-state index in [4.69, 9.17) is 27.9 Å². The first-order valence-electron chi connectivity index (χ1n) is 6.02. The molecule has 0 amide bonds. The summed E-state index contributed by atoms with van der Waals surface area (Å²) in [7, 11) is 1.65. The highest BCUT2D eigenvalue weighted by atomic mass is 35.5. The molecule has 0 spiro atoms. The van der Waals surface area contributed by atoms with E-state index >= 15 is 0 Å². The number of aromatic nitrogens is 2. The van der Waals surface area contributed by atoms with E-state index in [1.165, 1.54) is 0 Å². The van der Waals surface area contributed by atoms with Gasteiger partial charge in [0.2, 0.25) is 5.28 Å². The first-order chi connectivity index (χ1) is 9.65. The summed E-state index contributed by atoms with van der Waals surface area (Å²) in [6, 6.07) is 7.90. The number of hydrogen-bond donors (Lipinski definition) is 1. The molecule has 0 bridgehead atoms. The first kappa shape index (κ1) is 13.4. The van der Waals surface area contributed by atoms with Crippen LogP contribution in [0.3, 0.4) is 0 Å². The lowest BCUT2D eigenvalue weighted by atomic mass is 10.2. The highest BCUT2D eigenvalue weighted by Crippen LogP contribution is 2.31. The quantitative estimate of drug-likeness (QED) is 0.697. The Bertz CT molecular complexity index is 633. The van der Waals surface area contributed by atoms with E-state index in [1.807, 2.05) is 29.3 Å². The summed E-state index contributed by atoms with van der Waals surface area (Å²) < 4.78 is 5.14. The summed E-state index contributed by atoms with van der Waals surface area (Å²) in [4.78, 5) is 8.10. The topological polar surface area (TPSA) is 50.3 Å². The number of nitrogens with one attached hydrogen (secondary N) is 1. The Morgan fingerprint density at radius 3 is 2.70 bits per heavy atom. The van der Waals surface area contributed by atoms with E-state index in [1.54, 1.807) is 7.11 Å². The first-order valence-corrected chi connectivity index (χ1v) is 6.78. The van der Waals surface area contributed by atoms with E-state index in [2.05, 4.69) is 15.4 Å². The largest absolute Gasteiger partial charge is 0.497 e. The van der Waals surface area contributed by atoms with Crippen molar-refractivity contribution in [2.24, 2.45) is 0 Å². The monoisotopic (exact) mass is 310 g/mol. The summed E-state index contributed by atoms with van der Waals surface area (Å²) in [5.74, 6) is 0.840. The molecule has 104 valence electrons. The van der Waals surface area contributed by atoms with Gasteiger partial charge in [-0.15, -0.1) is 0 Å². The molecule has 2 aromatic rings. The fourth-order valence-electron chi connectivity index (χ4n) is 2.10. The van der Waals surface area contributed by atoms with Crippen LogP contribution in [0.5, 0.6) is 5.75 Å². The van der Waals surface area contributed by atoms with Gasteiger partial charge in [-0.1, -0.05) is 23.7 Å². The molecule has 7 heteroatoms. The van der Waals surface area contributed by atoms with Crippen LogP contribution in [0.1, 0.15) is 11.3 Å². The second-order valence-electron chi connectivity index (χ2n) is 4.42. The van der Waals surface area contributed by atoms with Crippen LogP contribution in [-0.2, 0) is 13.1 Å². The van der Waals surface area contributed by atoms with E-state index in [-0.39, 0.29) is 5.28 Å². The predicted octanol–water partition coefficient (Wildman–Crippen LogP) is 3.13. The van der Waals surface area contributed by atoms with Crippen LogP contribution in [0.15, 0.2) is 24.3 Å². The molecule has 0 fully saturated rings. The van der Waals surface area contributed by atoms with Gasteiger partial charge >= 0.3 is 0 Å². The Kier molecular flexibility index (Phi) is 3.65. The Hall–Kier alpha value is -1.56. The number of halogens is 2. The van der Waals surface area contributed by atoms with Gasteiger partial charge in [0.1, 0.15) is 11.4 Å². The third-order valence-corrected chi connectivity index (χ3v) is 3.50. The van der Waals surface area contributed by atoms with E-state index in [0.717, 1.165) is 22.7 Å². The number of rotatable bonds is 3. The summed E-state index contributed by atoms with van der Waals surface area (Å²) in [5.41, 5.74) is 5.88. The van der Waals surface area contributed by atoms with Gasteiger partial charge in [0.05, 0.1) is 19.3 Å². The third kappa shape index (κ3) is 2.65. The van der Waals surface area contributed by atoms with Crippen molar-refractivity contribution in [1.29, 1.82) is 0 Å². The molecular weight excluding hydrogens is 299 g/mol. The number of fused-ring (bicyclic) bond motifs is 1. The lowest BCUT2D eigenvalue weighted by Gasteiger charge is -2.16. The van der Waals surface area contributed by atoms with E-state index in [0.29, 0.717) is 18.2 Å². The predicted molar refractivity (Wildman–Crippen MR) is 77.9 cm³/mol. The van der Waals surface area contributed by atoms with Gasteiger partial charge in [0.25, 0.3) is 0 Å². The molecule has 1 aromatic heterocycles. The Morgan fingerprint density at radius 2 is 2.00 bits per heavy atom. The van der Waals surface area contributed by atoms with Crippen molar-refractivity contribution >= 4 is 28.9 Å². The zero-order chi connectivity index (χ0) is 14.1. The van der Waals surface area contributed by atoms with Crippen LogP contribution in [0.25, 0.3) is 0 Å². The molecule has 0 saturated carbocycles. The average Bonchev–Trinajstić information content (AvgIpc) is 2.82. The van der Waals surface area contributed by atoms with Crippen molar-refractivity contribution in [2.45, 2.75) is 13.1 Å². The van der Waals surface area contributed by atoms with Crippen LogP contribution in [-0.4, -0.2) is 22.1 Å². The highest BCUT2D eigenvalue weighted by Gasteiger charge is 2.23. The number of hydrogen-bond acceptors (Lipinski definition) is 5. The number of ether oxygens (including phenoxy) is 1. The van der Waals surface area contributed by atoms with Crippen LogP contribution in [0, 0.1) is 0 Å². The van der Waals surface area contributed by atoms with Crippen molar-refractivity contribution in [3.8, 4) is 5.75 Å². The van der Waals surface area contributed by atoms with E-state index < -0.39 is 0 Å². The molecular formula is C13H12Cl2N4O. The molecule has 0 atom stereocenters. The summed E-state index contributed by atoms with van der Waals surface area (Å²) >= 11 is 11.8. The van der Waals surface area contributed by atoms with Gasteiger partial charge in [-0.25, -0.2) is 15.0 Å². The molecule has 0 aliphatic carbocycles. The minimum Gasteiger partial charge on any atom is -0.497 e. The molecule has 1 aliphatic rings. The molecule has 0 saturated heterocycles. The zero-order valence-electron chi connectivity index (χ0n) is 10.7. The van der Waals surface area contributed by atoms with Crippen molar-refractivity contribution < 1.29 is 4.74 Å². The van der Waals surface area contributed by atoms with Gasteiger partial charge in [0.15, 0.2) is 5.15 Å². The lowest BCUT2D eigenvalue weighted by Crippen LogP contribution is -2.22. The van der Waals surface area contributed by atoms with Crippen molar-refractivity contribution in [3.05, 3.63) is 46.0 Å². The lowest BCUT2D eigenvalue weighted by molar-refractivity contribution is 0.332. The van der Waals surface area contributed by atoms with Gasteiger partial charge in [-0.2, -0.15) is 0 Å². The SMILES string of the molecule is COc1ccc(CN2Cc3nc(Cl)nc(Cl)c3N2)cc1. The van der Waals surface area contributed by atoms with Crippen molar-refractivity contribution in [1.82, 2.24) is 15.0 Å². The van der Waals surface area contributed by atoms with Crippen LogP contribution in [0.2, 0.25) is 10.4 Å². The maximum absolute atomic E-state index is 6.04. The number of nitrogens with zero attached hydrogens (tertiary/aromatic N) is 3. The molecule has 20 heavy (non-hydrogen) atoms. The number of hydrazine groups is 1. The molecule has 5 nitrogen and oxygen atoms in total. The van der Waals surface area contributed by atoms with Crippen LogP contribution >= 0.6 is 23.2 Å². The fraction of sp³-hybridized carbons (Fsp3) is 0.231. The molecule has 0 unspecified atom stereocenters. The molecule has 1 N–H and O–H groups in total. The molecule has 0 radical (unpaired) electrons. The maximum atomic E-state index is 6.04. The summed E-state index contributed by atoms with van der Waals surface area (Å²) in [5, 5.41) is 2.52. The second-order valence-corrected chi connectivity index (χ2v) is 5.12. The number of methoxy groups -OCH3 is 1. The van der Waals surface area contributed by atoms with Gasteiger partial charge in [-0.05, 0) is 29.3 Å². The summed E-state index contributed by atoms with van der Waals surface area (Å²) in [6.45, 7) is 1.34. The molecule has 1 aromatic carbocycles. The standard InChI is InChI=1S/C13H12Cl2N4O/c1-20-9-4-2-8(3-5-9)6-19-7-10-11(18-19)12(14)17-13(15)16-10/h2-5,18H,6-7H2,1H3. The second kappa shape index (κ2) is 5.44. The van der Waals surface area contributed by atoms with Crippen LogP contribution in [0.4, 0.5) is 5.69 Å². The highest BCUT2D eigenvalue weighted by molar-refractivity contribution is 6.33. The Labute approximate surface area is 126 Å². The van der Waals surface area contributed by atoms with Crippen molar-refractivity contribution in [3.63, 3.8) is 0 Å². The maximum Gasteiger partial charge on any atom is 0.224 e. The van der Waals surface area contributed by atoms with E-state index in [9.17, 15) is 0 Å². The van der Waals surface area contributed by atoms with Crippen LogP contribution < -0.4 is 10.2 Å². The molecule has 2 heterocycles. The van der Waals surface area contributed by atoms with Gasteiger partial charge in [0, 0.05) is 6.54 Å². The minimum absolute atomic E-state index is 0.168.